The van der Waals surface area contributed by atoms with Crippen LogP contribution in [0, 0.1) is 11.8 Å². The number of aromatic nitrogens is 2. The minimum atomic E-state index is 0.161. The molecule has 1 fully saturated rings. The Morgan fingerprint density at radius 1 is 1.28 bits per heavy atom. The number of nitrogens with zero attached hydrogens (tertiary/aromatic N) is 2. The van der Waals surface area contributed by atoms with E-state index in [4.69, 9.17) is 0 Å². The van der Waals surface area contributed by atoms with Crippen molar-refractivity contribution in [1.29, 1.82) is 0 Å². The van der Waals surface area contributed by atoms with Gasteiger partial charge in [0.1, 0.15) is 0 Å². The van der Waals surface area contributed by atoms with Gasteiger partial charge in [-0.1, -0.05) is 31.2 Å². The second-order valence-corrected chi connectivity index (χ2v) is 7.10. The lowest BCUT2D eigenvalue weighted by Gasteiger charge is -2.27. The van der Waals surface area contributed by atoms with E-state index in [1.165, 1.54) is 18.4 Å². The molecular formula is C20H28N4O. The Balaban J connectivity index is 1.42. The Bertz CT molecular complexity index is 645. The Hall–Kier alpha value is -2.14. The van der Waals surface area contributed by atoms with Crippen LogP contribution < -0.4 is 10.6 Å². The second kappa shape index (κ2) is 8.81. The van der Waals surface area contributed by atoms with Crippen LogP contribution in [0.5, 0.6) is 0 Å². The molecule has 1 amide bonds. The summed E-state index contributed by atoms with van der Waals surface area (Å²) in [6.07, 6.45) is 8.56. The monoisotopic (exact) mass is 340 g/mol. The highest BCUT2D eigenvalue weighted by molar-refractivity contribution is 5.76. The van der Waals surface area contributed by atoms with Gasteiger partial charge < -0.3 is 15.2 Å². The fraction of sp³-hybridized carbons (Fsp3) is 0.500. The van der Waals surface area contributed by atoms with Crippen molar-refractivity contribution >= 4 is 5.91 Å². The highest BCUT2D eigenvalue weighted by Crippen LogP contribution is 2.24. The maximum absolute atomic E-state index is 12.2. The predicted octanol–water partition coefficient (Wildman–Crippen LogP) is 2.57. The average molecular weight is 340 g/mol. The minimum absolute atomic E-state index is 0.161. The molecule has 0 spiro atoms. The number of carbonyl (C=O) groups is 1. The van der Waals surface area contributed by atoms with E-state index >= 15 is 0 Å². The molecule has 1 aromatic heterocycles. The first-order valence-corrected chi connectivity index (χ1v) is 9.21. The first-order valence-electron chi connectivity index (χ1n) is 9.21. The summed E-state index contributed by atoms with van der Waals surface area (Å²) in [5.74, 6) is 1.29. The maximum Gasteiger partial charge on any atom is 0.220 e. The zero-order valence-corrected chi connectivity index (χ0v) is 14.9. The molecule has 5 nitrogen and oxygen atoms in total. The third-order valence-corrected chi connectivity index (χ3v) is 5.13. The van der Waals surface area contributed by atoms with Gasteiger partial charge in [-0.05, 0) is 48.9 Å². The molecular weight excluding hydrogens is 312 g/mol. The molecule has 25 heavy (non-hydrogen) atoms. The van der Waals surface area contributed by atoms with Crippen molar-refractivity contribution in [1.82, 2.24) is 20.2 Å². The lowest BCUT2D eigenvalue weighted by molar-refractivity contribution is -0.122. The maximum atomic E-state index is 12.2. The molecule has 1 aliphatic heterocycles. The van der Waals surface area contributed by atoms with Crippen LogP contribution in [0.3, 0.4) is 0 Å². The minimum Gasteiger partial charge on any atom is -0.352 e. The lowest BCUT2D eigenvalue weighted by Crippen LogP contribution is -2.33. The van der Waals surface area contributed by atoms with E-state index in [1.54, 1.807) is 6.20 Å². The lowest BCUT2D eigenvalue weighted by atomic mass is 9.84. The first kappa shape index (κ1) is 17.7. The number of piperidine rings is 1. The van der Waals surface area contributed by atoms with E-state index in [-0.39, 0.29) is 5.91 Å². The van der Waals surface area contributed by atoms with Crippen LogP contribution in [0.15, 0.2) is 43.0 Å². The summed E-state index contributed by atoms with van der Waals surface area (Å²) in [6.45, 7) is 5.80. The number of hydrogen-bond acceptors (Lipinski definition) is 3. The average Bonchev–Trinajstić information content (AvgIpc) is 3.15. The summed E-state index contributed by atoms with van der Waals surface area (Å²) in [4.78, 5) is 16.3. The normalized spacial score (nSPS) is 16.5. The number of imidazole rings is 1. The zero-order chi connectivity index (χ0) is 17.5. The van der Waals surface area contributed by atoms with Crippen molar-refractivity contribution < 1.29 is 4.79 Å². The van der Waals surface area contributed by atoms with E-state index in [0.29, 0.717) is 24.8 Å². The van der Waals surface area contributed by atoms with Crippen molar-refractivity contribution in [3.05, 3.63) is 54.1 Å². The van der Waals surface area contributed by atoms with Crippen LogP contribution in [0.2, 0.25) is 0 Å². The van der Waals surface area contributed by atoms with Gasteiger partial charge in [-0.3, -0.25) is 4.79 Å². The molecule has 1 unspecified atom stereocenters. The van der Waals surface area contributed by atoms with E-state index in [1.807, 2.05) is 17.1 Å². The molecule has 1 atom stereocenters. The van der Waals surface area contributed by atoms with E-state index < -0.39 is 0 Å². The van der Waals surface area contributed by atoms with Crippen LogP contribution in [0.1, 0.15) is 37.3 Å². The van der Waals surface area contributed by atoms with Gasteiger partial charge in [0.05, 0.1) is 6.33 Å². The third-order valence-electron chi connectivity index (χ3n) is 5.13. The van der Waals surface area contributed by atoms with Gasteiger partial charge in [-0.2, -0.15) is 0 Å². The number of rotatable bonds is 7. The van der Waals surface area contributed by atoms with E-state index in [9.17, 15) is 4.79 Å². The van der Waals surface area contributed by atoms with E-state index in [0.717, 1.165) is 25.2 Å². The Morgan fingerprint density at radius 2 is 2.00 bits per heavy atom. The van der Waals surface area contributed by atoms with Crippen molar-refractivity contribution in [2.75, 3.05) is 13.1 Å². The smallest absolute Gasteiger partial charge is 0.220 e. The van der Waals surface area contributed by atoms with Gasteiger partial charge in [0.15, 0.2) is 0 Å². The molecule has 0 bridgehead atoms. The molecule has 5 heteroatoms. The summed E-state index contributed by atoms with van der Waals surface area (Å²) in [7, 11) is 0. The van der Waals surface area contributed by atoms with Gasteiger partial charge >= 0.3 is 0 Å². The number of benzene rings is 1. The van der Waals surface area contributed by atoms with Crippen LogP contribution in [-0.4, -0.2) is 28.5 Å². The Labute approximate surface area is 149 Å². The van der Waals surface area contributed by atoms with E-state index in [2.05, 4.69) is 46.8 Å². The Kier molecular flexibility index (Phi) is 6.23. The van der Waals surface area contributed by atoms with Crippen molar-refractivity contribution in [2.45, 2.75) is 39.3 Å². The molecule has 1 saturated heterocycles. The number of amides is 1. The predicted molar refractivity (Wildman–Crippen MR) is 99.0 cm³/mol. The molecule has 134 valence electrons. The fourth-order valence-corrected chi connectivity index (χ4v) is 3.50. The summed E-state index contributed by atoms with van der Waals surface area (Å²) >= 11 is 0. The van der Waals surface area contributed by atoms with Crippen LogP contribution in [-0.2, 0) is 17.9 Å². The summed E-state index contributed by atoms with van der Waals surface area (Å²) in [5.41, 5.74) is 2.37. The molecule has 1 aliphatic rings. The summed E-state index contributed by atoms with van der Waals surface area (Å²) in [5, 5.41) is 6.45. The highest BCUT2D eigenvalue weighted by atomic mass is 16.1. The van der Waals surface area contributed by atoms with Gasteiger partial charge in [0.25, 0.3) is 0 Å². The molecule has 1 aromatic carbocycles. The summed E-state index contributed by atoms with van der Waals surface area (Å²) < 4.78 is 2.04. The van der Waals surface area contributed by atoms with Crippen LogP contribution >= 0.6 is 0 Å². The topological polar surface area (TPSA) is 59.0 Å². The first-order chi connectivity index (χ1) is 12.2. The largest absolute Gasteiger partial charge is 0.352 e. The fourth-order valence-electron chi connectivity index (χ4n) is 3.50. The van der Waals surface area contributed by atoms with Crippen molar-refractivity contribution in [2.24, 2.45) is 11.8 Å². The highest BCUT2D eigenvalue weighted by Gasteiger charge is 2.21. The third kappa shape index (κ3) is 5.43. The number of carbonyl (C=O) groups excluding carboxylic acids is 1. The number of hydrogen-bond donors (Lipinski definition) is 2. The second-order valence-electron chi connectivity index (χ2n) is 7.10. The number of nitrogens with one attached hydrogen (secondary N) is 2. The molecule has 3 rings (SSSR count). The molecule has 0 saturated carbocycles. The molecule has 2 heterocycles. The SMILES string of the molecule is CC(CC(=O)NCc1ccc(Cn2ccnc2)cc1)C1CCNCC1. The molecule has 0 radical (unpaired) electrons. The van der Waals surface area contributed by atoms with Crippen LogP contribution in [0.4, 0.5) is 0 Å². The quantitative estimate of drug-likeness (QED) is 0.814. The van der Waals surface area contributed by atoms with Gasteiger partial charge in [-0.15, -0.1) is 0 Å². The zero-order valence-electron chi connectivity index (χ0n) is 14.9. The van der Waals surface area contributed by atoms with Crippen LogP contribution in [0.25, 0.3) is 0 Å². The summed E-state index contributed by atoms with van der Waals surface area (Å²) in [6, 6.07) is 8.39. The molecule has 2 aromatic rings. The van der Waals surface area contributed by atoms with Gasteiger partial charge in [-0.25, -0.2) is 4.98 Å². The van der Waals surface area contributed by atoms with Gasteiger partial charge in [0.2, 0.25) is 5.91 Å². The molecule has 2 N–H and O–H groups in total. The van der Waals surface area contributed by atoms with Gasteiger partial charge in [0, 0.05) is 31.9 Å². The van der Waals surface area contributed by atoms with Crippen molar-refractivity contribution in [3.63, 3.8) is 0 Å². The van der Waals surface area contributed by atoms with Crippen molar-refractivity contribution in [3.8, 4) is 0 Å². The Morgan fingerprint density at radius 3 is 2.68 bits per heavy atom. The standard InChI is InChI=1S/C20H28N4O/c1-16(19-6-8-21-9-7-19)12-20(25)23-13-17-2-4-18(5-3-17)14-24-11-10-22-15-24/h2-5,10-11,15-16,19,21H,6-9,12-14H2,1H3,(H,23,25). The molecule has 0 aliphatic carbocycles.